The summed E-state index contributed by atoms with van der Waals surface area (Å²) in [6, 6.07) is 15.8. The van der Waals surface area contributed by atoms with E-state index >= 15 is 0 Å². The Bertz CT molecular complexity index is 1080. The molecule has 160 valence electrons. The molecule has 1 aliphatic heterocycles. The van der Waals surface area contributed by atoms with Crippen molar-refractivity contribution < 1.29 is 14.3 Å². The van der Waals surface area contributed by atoms with Crippen molar-refractivity contribution in [2.75, 3.05) is 13.7 Å². The van der Waals surface area contributed by atoms with Crippen LogP contribution in [-0.2, 0) is 11.4 Å². The van der Waals surface area contributed by atoms with Gasteiger partial charge in [-0.2, -0.15) is 0 Å². The molecule has 0 bridgehead atoms. The molecule has 0 spiro atoms. The summed E-state index contributed by atoms with van der Waals surface area (Å²) >= 11 is 1.61. The first-order chi connectivity index (χ1) is 15.1. The molecule has 6 heteroatoms. The van der Waals surface area contributed by atoms with Gasteiger partial charge < -0.3 is 14.4 Å². The fourth-order valence-corrected chi connectivity index (χ4v) is 4.46. The van der Waals surface area contributed by atoms with E-state index in [1.54, 1.807) is 24.5 Å². The molecule has 2 heterocycles. The lowest BCUT2D eigenvalue weighted by Gasteiger charge is -2.24. The van der Waals surface area contributed by atoms with Gasteiger partial charge in [0.2, 0.25) is 5.91 Å². The second-order valence-corrected chi connectivity index (χ2v) is 8.55. The van der Waals surface area contributed by atoms with E-state index in [4.69, 9.17) is 9.47 Å². The van der Waals surface area contributed by atoms with Crippen molar-refractivity contribution >= 4 is 23.3 Å². The van der Waals surface area contributed by atoms with Crippen molar-refractivity contribution in [2.45, 2.75) is 32.4 Å². The Balaban J connectivity index is 1.46. The average molecular weight is 435 g/mol. The van der Waals surface area contributed by atoms with Gasteiger partial charge >= 0.3 is 0 Å². The third-order valence-electron chi connectivity index (χ3n) is 5.38. The first-order valence-electron chi connectivity index (χ1n) is 10.4. The lowest BCUT2D eigenvalue weighted by atomic mass is 10.0. The number of aryl methyl sites for hydroxylation is 1. The van der Waals surface area contributed by atoms with Gasteiger partial charge in [-0.1, -0.05) is 30.3 Å². The van der Waals surface area contributed by atoms with E-state index in [2.05, 4.69) is 11.1 Å². The van der Waals surface area contributed by atoms with Crippen LogP contribution in [0.1, 0.15) is 40.7 Å². The molecule has 31 heavy (non-hydrogen) atoms. The SMILES string of the molecule is COc1cccc(C2CCCN2C(=O)/C=C/c2ccccc2OCc2csc(C)n2)c1. The maximum absolute atomic E-state index is 13.0. The molecular formula is C25H26N2O3S. The molecule has 1 fully saturated rings. The lowest BCUT2D eigenvalue weighted by molar-refractivity contribution is -0.126. The summed E-state index contributed by atoms with van der Waals surface area (Å²) in [5, 5.41) is 3.03. The number of likely N-dealkylation sites (tertiary alicyclic amines) is 1. The fraction of sp³-hybridized carbons (Fsp3) is 0.280. The predicted molar refractivity (Wildman–Crippen MR) is 123 cm³/mol. The van der Waals surface area contributed by atoms with Gasteiger partial charge in [0.15, 0.2) is 0 Å². The van der Waals surface area contributed by atoms with E-state index in [1.165, 1.54) is 0 Å². The van der Waals surface area contributed by atoms with E-state index in [0.29, 0.717) is 6.61 Å². The van der Waals surface area contributed by atoms with Gasteiger partial charge in [0.05, 0.1) is 23.9 Å². The molecule has 0 aliphatic carbocycles. The fourth-order valence-electron chi connectivity index (χ4n) is 3.86. The monoisotopic (exact) mass is 434 g/mol. The van der Waals surface area contributed by atoms with Crippen LogP contribution in [0.25, 0.3) is 6.08 Å². The second kappa shape index (κ2) is 9.79. The van der Waals surface area contributed by atoms with E-state index in [0.717, 1.165) is 52.7 Å². The Hall–Kier alpha value is -3.12. The van der Waals surface area contributed by atoms with Gasteiger partial charge in [0.1, 0.15) is 18.1 Å². The van der Waals surface area contributed by atoms with Crippen molar-refractivity contribution in [2.24, 2.45) is 0 Å². The summed E-state index contributed by atoms with van der Waals surface area (Å²) in [6.45, 7) is 3.15. The average Bonchev–Trinajstić information content (AvgIpc) is 3.46. The van der Waals surface area contributed by atoms with Crippen LogP contribution in [0.5, 0.6) is 11.5 Å². The molecule has 5 nitrogen and oxygen atoms in total. The highest BCUT2D eigenvalue weighted by atomic mass is 32.1. The van der Waals surface area contributed by atoms with E-state index in [-0.39, 0.29) is 11.9 Å². The number of ether oxygens (including phenoxy) is 2. The number of carbonyl (C=O) groups is 1. The number of carbonyl (C=O) groups excluding carboxylic acids is 1. The van der Waals surface area contributed by atoms with Crippen molar-refractivity contribution in [3.05, 3.63) is 81.8 Å². The number of nitrogens with zero attached hydrogens (tertiary/aromatic N) is 2. The third-order valence-corrected chi connectivity index (χ3v) is 6.20. The number of hydrogen-bond acceptors (Lipinski definition) is 5. The minimum Gasteiger partial charge on any atom is -0.497 e. The Labute approximate surface area is 187 Å². The topological polar surface area (TPSA) is 51.7 Å². The van der Waals surface area contributed by atoms with Crippen LogP contribution >= 0.6 is 11.3 Å². The Morgan fingerprint density at radius 1 is 1.26 bits per heavy atom. The van der Waals surface area contributed by atoms with Crippen LogP contribution in [0.4, 0.5) is 0 Å². The minimum atomic E-state index is 0.00949. The molecule has 4 rings (SSSR count). The summed E-state index contributed by atoms with van der Waals surface area (Å²) in [5.41, 5.74) is 2.90. The molecule has 1 atom stereocenters. The molecule has 0 saturated carbocycles. The molecule has 1 aliphatic rings. The number of aromatic nitrogens is 1. The number of methoxy groups -OCH3 is 1. The zero-order valence-corrected chi connectivity index (χ0v) is 18.6. The molecule has 3 aromatic rings. The van der Waals surface area contributed by atoms with Crippen LogP contribution in [-0.4, -0.2) is 29.4 Å². The Morgan fingerprint density at radius 3 is 2.94 bits per heavy atom. The highest BCUT2D eigenvalue weighted by molar-refractivity contribution is 7.09. The maximum Gasteiger partial charge on any atom is 0.247 e. The number of benzene rings is 2. The second-order valence-electron chi connectivity index (χ2n) is 7.48. The molecule has 1 amide bonds. The summed E-state index contributed by atoms with van der Waals surface area (Å²) in [4.78, 5) is 19.4. The zero-order valence-electron chi connectivity index (χ0n) is 17.8. The Morgan fingerprint density at radius 2 is 2.13 bits per heavy atom. The molecule has 1 unspecified atom stereocenters. The zero-order chi connectivity index (χ0) is 21.6. The van der Waals surface area contributed by atoms with Crippen LogP contribution in [0.3, 0.4) is 0 Å². The summed E-state index contributed by atoms with van der Waals surface area (Å²) in [7, 11) is 1.66. The number of amides is 1. The first kappa shape index (κ1) is 21.1. The summed E-state index contributed by atoms with van der Waals surface area (Å²) in [5.74, 6) is 1.56. The smallest absolute Gasteiger partial charge is 0.247 e. The quantitative estimate of drug-likeness (QED) is 0.466. The molecule has 1 saturated heterocycles. The van der Waals surface area contributed by atoms with Crippen molar-refractivity contribution in [1.29, 1.82) is 0 Å². The van der Waals surface area contributed by atoms with Crippen molar-refractivity contribution in [1.82, 2.24) is 9.88 Å². The highest BCUT2D eigenvalue weighted by Gasteiger charge is 2.29. The summed E-state index contributed by atoms with van der Waals surface area (Å²) < 4.78 is 11.3. The number of para-hydroxylation sites is 1. The molecule has 0 radical (unpaired) electrons. The Kier molecular flexibility index (Phi) is 6.67. The molecule has 1 aromatic heterocycles. The van der Waals surface area contributed by atoms with Crippen LogP contribution in [0.2, 0.25) is 0 Å². The van der Waals surface area contributed by atoms with E-state index in [1.807, 2.05) is 65.7 Å². The minimum absolute atomic E-state index is 0.00949. The standard InChI is InChI=1S/C25H26N2O3S/c1-18-26-21(17-31-18)16-30-24-11-4-3-7-19(24)12-13-25(28)27-14-6-10-23(27)20-8-5-9-22(15-20)29-2/h3-5,7-9,11-13,15,17,23H,6,10,14,16H2,1-2H3/b13-12+. The van der Waals surface area contributed by atoms with Crippen molar-refractivity contribution in [3.8, 4) is 11.5 Å². The third kappa shape index (κ3) is 5.14. The number of hydrogen-bond donors (Lipinski definition) is 0. The van der Waals surface area contributed by atoms with Gasteiger partial charge in [-0.05, 0) is 49.6 Å². The van der Waals surface area contributed by atoms with Crippen LogP contribution < -0.4 is 9.47 Å². The highest BCUT2D eigenvalue weighted by Crippen LogP contribution is 2.33. The lowest BCUT2D eigenvalue weighted by Crippen LogP contribution is -2.28. The predicted octanol–water partition coefficient (Wildman–Crippen LogP) is 5.42. The van der Waals surface area contributed by atoms with Gasteiger partial charge in [-0.25, -0.2) is 4.98 Å². The summed E-state index contributed by atoms with van der Waals surface area (Å²) in [6.07, 6.45) is 5.44. The number of rotatable bonds is 7. The normalized spacial score (nSPS) is 16.1. The maximum atomic E-state index is 13.0. The van der Waals surface area contributed by atoms with Gasteiger partial charge in [-0.3, -0.25) is 4.79 Å². The largest absolute Gasteiger partial charge is 0.497 e. The molecular weight excluding hydrogens is 408 g/mol. The van der Waals surface area contributed by atoms with Crippen LogP contribution in [0, 0.1) is 6.92 Å². The molecule has 2 aromatic carbocycles. The van der Waals surface area contributed by atoms with Gasteiger partial charge in [0.25, 0.3) is 0 Å². The van der Waals surface area contributed by atoms with E-state index < -0.39 is 0 Å². The van der Waals surface area contributed by atoms with Crippen LogP contribution in [0.15, 0.2) is 60.0 Å². The van der Waals surface area contributed by atoms with E-state index in [9.17, 15) is 4.79 Å². The van der Waals surface area contributed by atoms with Gasteiger partial charge in [-0.15, -0.1) is 11.3 Å². The van der Waals surface area contributed by atoms with Crippen molar-refractivity contribution in [3.63, 3.8) is 0 Å². The molecule has 0 N–H and O–H groups in total. The number of thiazole rings is 1. The first-order valence-corrected chi connectivity index (χ1v) is 11.3. The van der Waals surface area contributed by atoms with Gasteiger partial charge in [0, 0.05) is 23.6 Å².